The Morgan fingerprint density at radius 1 is 1.06 bits per heavy atom. The van der Waals surface area contributed by atoms with E-state index in [1.54, 1.807) is 44.5 Å². The van der Waals surface area contributed by atoms with Crippen LogP contribution < -0.4 is 15.6 Å². The number of nitrogens with zero attached hydrogens (tertiary/aromatic N) is 3. The Bertz CT molecular complexity index is 1370. The maximum atomic E-state index is 12.9. The maximum absolute atomic E-state index is 12.9. The molecule has 0 saturated carbocycles. The molecule has 0 atom stereocenters. The van der Waals surface area contributed by atoms with Crippen molar-refractivity contribution in [2.45, 2.75) is 13.5 Å². The SMILES string of the molecule is CCOC(=O)c1cccc(NC(=O)Cn2ccn3nc(-c4ccc(OC)cc4)cc3c2=O)c1. The Hall–Kier alpha value is -4.40. The third kappa shape index (κ3) is 4.77. The van der Waals surface area contributed by atoms with Gasteiger partial charge in [-0.25, -0.2) is 9.31 Å². The molecule has 4 rings (SSSR count). The minimum absolute atomic E-state index is 0.192. The standard InChI is InChI=1S/C24H22N4O5/c1-3-33-24(31)17-5-4-6-18(13-17)25-22(29)15-27-11-12-28-21(23(27)30)14-20(26-28)16-7-9-19(32-2)10-8-16/h4-14H,3,15H2,1-2H3,(H,25,29). The van der Waals surface area contributed by atoms with E-state index in [4.69, 9.17) is 9.47 Å². The number of carbonyl (C=O) groups is 2. The van der Waals surface area contributed by atoms with Gasteiger partial charge in [0.1, 0.15) is 17.8 Å². The first-order valence-corrected chi connectivity index (χ1v) is 10.3. The second-order valence-corrected chi connectivity index (χ2v) is 7.17. The number of hydrogen-bond donors (Lipinski definition) is 1. The smallest absolute Gasteiger partial charge is 0.338 e. The number of nitrogens with one attached hydrogen (secondary N) is 1. The Morgan fingerprint density at radius 3 is 2.58 bits per heavy atom. The molecule has 0 saturated heterocycles. The second kappa shape index (κ2) is 9.39. The van der Waals surface area contributed by atoms with Crippen LogP contribution in [0.25, 0.3) is 16.8 Å². The summed E-state index contributed by atoms with van der Waals surface area (Å²) in [5, 5.41) is 7.15. The molecule has 168 valence electrons. The normalized spacial score (nSPS) is 10.7. The summed E-state index contributed by atoms with van der Waals surface area (Å²) in [6.07, 6.45) is 3.13. The van der Waals surface area contributed by atoms with Crippen molar-refractivity contribution < 1.29 is 19.1 Å². The summed E-state index contributed by atoms with van der Waals surface area (Å²) in [6.45, 7) is 1.79. The van der Waals surface area contributed by atoms with Gasteiger partial charge in [-0.05, 0) is 55.5 Å². The number of fused-ring (bicyclic) bond motifs is 1. The van der Waals surface area contributed by atoms with Crippen LogP contribution >= 0.6 is 0 Å². The highest BCUT2D eigenvalue weighted by Gasteiger charge is 2.13. The van der Waals surface area contributed by atoms with Crippen molar-refractivity contribution in [2.75, 3.05) is 19.0 Å². The molecule has 33 heavy (non-hydrogen) atoms. The van der Waals surface area contributed by atoms with Crippen LogP contribution in [0.4, 0.5) is 5.69 Å². The molecular formula is C24H22N4O5. The summed E-state index contributed by atoms with van der Waals surface area (Å²) in [4.78, 5) is 37.3. The molecule has 2 heterocycles. The van der Waals surface area contributed by atoms with Gasteiger partial charge in [0.25, 0.3) is 5.56 Å². The van der Waals surface area contributed by atoms with Crippen molar-refractivity contribution in [3.8, 4) is 17.0 Å². The molecule has 0 aliphatic heterocycles. The fraction of sp³-hybridized carbons (Fsp3) is 0.167. The van der Waals surface area contributed by atoms with Crippen LogP contribution in [-0.4, -0.2) is 39.8 Å². The van der Waals surface area contributed by atoms with E-state index in [9.17, 15) is 14.4 Å². The first-order chi connectivity index (χ1) is 16.0. The Balaban J connectivity index is 1.52. The summed E-state index contributed by atoms with van der Waals surface area (Å²) in [5.41, 5.74) is 2.24. The Morgan fingerprint density at radius 2 is 1.85 bits per heavy atom. The van der Waals surface area contributed by atoms with E-state index in [-0.39, 0.29) is 18.7 Å². The van der Waals surface area contributed by atoms with Crippen molar-refractivity contribution in [1.29, 1.82) is 0 Å². The number of esters is 1. The molecule has 1 N–H and O–H groups in total. The fourth-order valence-corrected chi connectivity index (χ4v) is 3.35. The third-order valence-corrected chi connectivity index (χ3v) is 4.96. The minimum atomic E-state index is -0.469. The van der Waals surface area contributed by atoms with E-state index >= 15 is 0 Å². The molecule has 0 spiro atoms. The lowest BCUT2D eigenvalue weighted by atomic mass is 10.1. The van der Waals surface area contributed by atoms with Crippen LogP contribution in [0.3, 0.4) is 0 Å². The summed E-state index contributed by atoms with van der Waals surface area (Å²) >= 11 is 0. The topological polar surface area (TPSA) is 104 Å². The summed E-state index contributed by atoms with van der Waals surface area (Å²) < 4.78 is 12.9. The van der Waals surface area contributed by atoms with E-state index in [2.05, 4.69) is 10.4 Å². The first-order valence-electron chi connectivity index (χ1n) is 10.3. The van der Waals surface area contributed by atoms with E-state index < -0.39 is 11.9 Å². The van der Waals surface area contributed by atoms with Crippen LogP contribution in [-0.2, 0) is 16.1 Å². The number of anilines is 1. The lowest BCUT2D eigenvalue weighted by Gasteiger charge is -2.09. The highest BCUT2D eigenvalue weighted by molar-refractivity contribution is 5.94. The van der Waals surface area contributed by atoms with Gasteiger partial charge in [-0.1, -0.05) is 6.07 Å². The Labute approximate surface area is 189 Å². The molecule has 0 fully saturated rings. The molecular weight excluding hydrogens is 424 g/mol. The van der Waals surface area contributed by atoms with Crippen molar-refractivity contribution in [2.24, 2.45) is 0 Å². The molecule has 2 aromatic carbocycles. The number of ether oxygens (including phenoxy) is 2. The molecule has 9 nitrogen and oxygen atoms in total. The molecule has 0 bridgehead atoms. The zero-order valence-electron chi connectivity index (χ0n) is 18.1. The number of methoxy groups -OCH3 is 1. The molecule has 2 aromatic heterocycles. The number of benzene rings is 2. The quantitative estimate of drug-likeness (QED) is 0.438. The highest BCUT2D eigenvalue weighted by atomic mass is 16.5. The van der Waals surface area contributed by atoms with Crippen LogP contribution in [0.15, 0.2) is 71.8 Å². The van der Waals surface area contributed by atoms with Gasteiger partial charge in [0.2, 0.25) is 5.91 Å². The number of rotatable bonds is 7. The predicted molar refractivity (Wildman–Crippen MR) is 122 cm³/mol. The summed E-state index contributed by atoms with van der Waals surface area (Å²) in [6, 6.07) is 15.5. The average molecular weight is 446 g/mol. The van der Waals surface area contributed by atoms with Crippen LogP contribution in [0, 0.1) is 0 Å². The van der Waals surface area contributed by atoms with Crippen molar-refractivity contribution >= 4 is 23.1 Å². The molecule has 0 radical (unpaired) electrons. The van der Waals surface area contributed by atoms with E-state index in [0.29, 0.717) is 22.5 Å². The fourth-order valence-electron chi connectivity index (χ4n) is 3.35. The molecule has 1 amide bonds. The van der Waals surface area contributed by atoms with Gasteiger partial charge in [0.15, 0.2) is 0 Å². The molecule has 9 heteroatoms. The van der Waals surface area contributed by atoms with Gasteiger partial charge < -0.3 is 19.4 Å². The highest BCUT2D eigenvalue weighted by Crippen LogP contribution is 2.21. The van der Waals surface area contributed by atoms with Crippen LogP contribution in [0.5, 0.6) is 5.75 Å². The van der Waals surface area contributed by atoms with Crippen LogP contribution in [0.2, 0.25) is 0 Å². The van der Waals surface area contributed by atoms with Gasteiger partial charge >= 0.3 is 5.97 Å². The molecule has 0 aliphatic carbocycles. The average Bonchev–Trinajstić information content (AvgIpc) is 3.26. The minimum Gasteiger partial charge on any atom is -0.497 e. The number of aromatic nitrogens is 3. The monoisotopic (exact) mass is 446 g/mol. The van der Waals surface area contributed by atoms with Crippen molar-refractivity contribution in [1.82, 2.24) is 14.2 Å². The first kappa shape index (κ1) is 21.8. The van der Waals surface area contributed by atoms with E-state index in [1.165, 1.54) is 21.3 Å². The number of hydrogen-bond acceptors (Lipinski definition) is 6. The van der Waals surface area contributed by atoms with Gasteiger partial charge in [-0.15, -0.1) is 0 Å². The maximum Gasteiger partial charge on any atom is 0.338 e. The largest absolute Gasteiger partial charge is 0.497 e. The van der Waals surface area contributed by atoms with Crippen molar-refractivity contribution in [3.05, 3.63) is 82.9 Å². The molecule has 0 unspecified atom stereocenters. The van der Waals surface area contributed by atoms with E-state index in [0.717, 1.165) is 11.3 Å². The van der Waals surface area contributed by atoms with Crippen molar-refractivity contribution in [3.63, 3.8) is 0 Å². The van der Waals surface area contributed by atoms with Gasteiger partial charge in [0.05, 0.1) is 25.0 Å². The Kier molecular flexibility index (Phi) is 6.21. The molecule has 4 aromatic rings. The zero-order valence-corrected chi connectivity index (χ0v) is 18.1. The lowest BCUT2D eigenvalue weighted by molar-refractivity contribution is -0.116. The van der Waals surface area contributed by atoms with Gasteiger partial charge in [-0.3, -0.25) is 9.59 Å². The van der Waals surface area contributed by atoms with Gasteiger partial charge in [-0.2, -0.15) is 5.10 Å². The summed E-state index contributed by atoms with van der Waals surface area (Å²) in [5.74, 6) is -0.148. The zero-order chi connectivity index (χ0) is 23.4. The molecule has 0 aliphatic rings. The lowest BCUT2D eigenvalue weighted by Crippen LogP contribution is -2.28. The number of carbonyl (C=O) groups excluding carboxylic acids is 2. The van der Waals surface area contributed by atoms with Crippen LogP contribution in [0.1, 0.15) is 17.3 Å². The third-order valence-electron chi connectivity index (χ3n) is 4.96. The number of amides is 1. The van der Waals surface area contributed by atoms with Gasteiger partial charge in [0, 0.05) is 23.6 Å². The summed E-state index contributed by atoms with van der Waals surface area (Å²) in [7, 11) is 1.59. The van der Waals surface area contributed by atoms with E-state index in [1.807, 2.05) is 24.3 Å². The second-order valence-electron chi connectivity index (χ2n) is 7.17. The predicted octanol–water partition coefficient (Wildman–Crippen LogP) is 2.99.